The summed E-state index contributed by atoms with van der Waals surface area (Å²) in [5, 5.41) is 1.51. The van der Waals surface area contributed by atoms with Crippen molar-refractivity contribution in [3.05, 3.63) is 45.9 Å². The molecule has 0 saturated carbocycles. The summed E-state index contributed by atoms with van der Waals surface area (Å²) in [5.74, 6) is 0. The zero-order valence-corrected chi connectivity index (χ0v) is 13.3. The maximum atomic E-state index is 6.32. The zero-order valence-electron chi connectivity index (χ0n) is 11.0. The lowest BCUT2D eigenvalue weighted by molar-refractivity contribution is 0.250. The Morgan fingerprint density at radius 3 is 2.90 bits per heavy atom. The van der Waals surface area contributed by atoms with Gasteiger partial charge in [0.1, 0.15) is 0 Å². The van der Waals surface area contributed by atoms with Crippen LogP contribution in [0.2, 0.25) is 5.02 Å². The lowest BCUT2D eigenvalue weighted by atomic mass is 10.0. The Bertz CT molecular complexity index is 573. The summed E-state index contributed by atoms with van der Waals surface area (Å²) in [6, 6.07) is 8.55. The predicted octanol–water partition coefficient (Wildman–Crippen LogP) is 4.14. The number of nitrogens with two attached hydrogens (primary N) is 1. The molecule has 3 nitrogen and oxygen atoms in total. The van der Waals surface area contributed by atoms with Gasteiger partial charge in [-0.2, -0.15) is 0 Å². The molecule has 2 aromatic rings. The molecular formula is C14H17Cl2N3S. The predicted molar refractivity (Wildman–Crippen MR) is 87.6 cm³/mol. The quantitative estimate of drug-likeness (QED) is 0.920. The average molecular weight is 330 g/mol. The Balaban J connectivity index is 0.00000147. The fraction of sp³-hybridized carbons (Fsp3) is 0.357. The number of anilines is 1. The van der Waals surface area contributed by atoms with E-state index in [1.54, 1.807) is 11.3 Å². The van der Waals surface area contributed by atoms with Gasteiger partial charge in [-0.3, -0.25) is 4.90 Å². The van der Waals surface area contributed by atoms with E-state index in [4.69, 9.17) is 17.3 Å². The van der Waals surface area contributed by atoms with Crippen molar-refractivity contribution >= 4 is 40.5 Å². The van der Waals surface area contributed by atoms with E-state index in [-0.39, 0.29) is 12.4 Å². The average Bonchev–Trinajstić information content (AvgIpc) is 3.00. The number of nitrogen functional groups attached to an aromatic ring is 1. The highest BCUT2D eigenvalue weighted by atomic mass is 35.5. The second-order valence-corrected chi connectivity index (χ2v) is 6.37. The molecule has 3 rings (SSSR count). The van der Waals surface area contributed by atoms with Crippen molar-refractivity contribution in [1.29, 1.82) is 0 Å². The molecule has 0 aliphatic carbocycles. The lowest BCUT2D eigenvalue weighted by Crippen LogP contribution is -2.22. The lowest BCUT2D eigenvalue weighted by Gasteiger charge is -2.24. The van der Waals surface area contributed by atoms with Crippen LogP contribution in [0, 0.1) is 0 Å². The highest BCUT2D eigenvalue weighted by Crippen LogP contribution is 2.37. The van der Waals surface area contributed by atoms with Crippen LogP contribution in [0.4, 0.5) is 5.13 Å². The molecule has 108 valence electrons. The molecular weight excluding hydrogens is 313 g/mol. The summed E-state index contributed by atoms with van der Waals surface area (Å²) < 4.78 is 0. The fourth-order valence-corrected chi connectivity index (χ4v) is 3.68. The Hall–Kier alpha value is -0.810. The Morgan fingerprint density at radius 1 is 1.40 bits per heavy atom. The van der Waals surface area contributed by atoms with E-state index in [0.717, 1.165) is 24.5 Å². The van der Waals surface area contributed by atoms with Gasteiger partial charge < -0.3 is 5.73 Å². The molecule has 1 unspecified atom stereocenters. The summed E-state index contributed by atoms with van der Waals surface area (Å²) in [4.78, 5) is 7.80. The monoisotopic (exact) mass is 329 g/mol. The molecule has 0 bridgehead atoms. The van der Waals surface area contributed by atoms with E-state index in [0.29, 0.717) is 11.2 Å². The highest BCUT2D eigenvalue weighted by Gasteiger charge is 2.27. The summed E-state index contributed by atoms with van der Waals surface area (Å²) in [6.45, 7) is 2.01. The van der Waals surface area contributed by atoms with Gasteiger partial charge in [0.2, 0.25) is 0 Å². The van der Waals surface area contributed by atoms with E-state index in [9.17, 15) is 0 Å². The molecule has 0 radical (unpaired) electrons. The first-order valence-corrected chi connectivity index (χ1v) is 7.62. The van der Waals surface area contributed by atoms with Crippen molar-refractivity contribution in [1.82, 2.24) is 9.88 Å². The Morgan fingerprint density at radius 2 is 2.20 bits per heavy atom. The van der Waals surface area contributed by atoms with Gasteiger partial charge in [-0.05, 0) is 31.0 Å². The summed E-state index contributed by atoms with van der Waals surface area (Å²) in [6.07, 6.45) is 4.25. The number of aromatic nitrogens is 1. The van der Waals surface area contributed by atoms with Gasteiger partial charge in [-0.25, -0.2) is 4.98 Å². The minimum absolute atomic E-state index is 0. The summed E-state index contributed by atoms with van der Waals surface area (Å²) in [5.41, 5.74) is 6.93. The highest BCUT2D eigenvalue weighted by molar-refractivity contribution is 7.15. The normalized spacial score (nSPS) is 18.9. The van der Waals surface area contributed by atoms with E-state index in [1.165, 1.54) is 16.9 Å². The number of hydrogen-bond donors (Lipinski definition) is 1. The standard InChI is InChI=1S/C14H16ClN3S.ClH/c15-12-5-2-1-4-11(12)13-6-3-7-18(13)9-10-8-17-14(16)19-10;/h1-2,4-5,8,13H,3,6-7,9H2,(H2,16,17);1H. The van der Waals surface area contributed by atoms with Crippen molar-refractivity contribution in [2.24, 2.45) is 0 Å². The molecule has 1 fully saturated rings. The Kier molecular flexibility index (Phi) is 5.27. The van der Waals surface area contributed by atoms with Crippen molar-refractivity contribution in [3.63, 3.8) is 0 Å². The second kappa shape index (κ2) is 6.76. The SMILES string of the molecule is Cl.Nc1ncc(CN2CCCC2c2ccccc2Cl)s1. The number of halogens is 2. The van der Waals surface area contributed by atoms with Gasteiger partial charge in [0.25, 0.3) is 0 Å². The van der Waals surface area contributed by atoms with Crippen LogP contribution in [0.1, 0.15) is 29.3 Å². The van der Waals surface area contributed by atoms with Crippen LogP contribution < -0.4 is 5.73 Å². The van der Waals surface area contributed by atoms with E-state index < -0.39 is 0 Å². The largest absolute Gasteiger partial charge is 0.375 e. The molecule has 0 spiro atoms. The summed E-state index contributed by atoms with van der Waals surface area (Å²) in [7, 11) is 0. The molecule has 2 heterocycles. The van der Waals surface area contributed by atoms with Crippen molar-refractivity contribution in [2.45, 2.75) is 25.4 Å². The molecule has 1 aromatic heterocycles. The number of likely N-dealkylation sites (tertiary alicyclic amines) is 1. The van der Waals surface area contributed by atoms with Crippen LogP contribution >= 0.6 is 35.3 Å². The number of hydrogen-bond acceptors (Lipinski definition) is 4. The first-order chi connectivity index (χ1) is 9.24. The van der Waals surface area contributed by atoms with E-state index in [1.807, 2.05) is 18.3 Å². The van der Waals surface area contributed by atoms with Gasteiger partial charge in [-0.1, -0.05) is 29.8 Å². The van der Waals surface area contributed by atoms with Crippen molar-refractivity contribution < 1.29 is 0 Å². The maximum absolute atomic E-state index is 6.32. The molecule has 1 aliphatic rings. The molecule has 1 atom stereocenters. The van der Waals surface area contributed by atoms with Gasteiger partial charge in [-0.15, -0.1) is 23.7 Å². The fourth-order valence-electron chi connectivity index (χ4n) is 2.71. The van der Waals surface area contributed by atoms with Crippen LogP contribution in [0.15, 0.2) is 30.5 Å². The minimum atomic E-state index is 0. The van der Waals surface area contributed by atoms with Crippen LogP contribution in [-0.4, -0.2) is 16.4 Å². The van der Waals surface area contributed by atoms with E-state index >= 15 is 0 Å². The van der Waals surface area contributed by atoms with Crippen molar-refractivity contribution in [3.8, 4) is 0 Å². The van der Waals surface area contributed by atoms with Gasteiger partial charge in [0.15, 0.2) is 5.13 Å². The molecule has 0 amide bonds. The van der Waals surface area contributed by atoms with Gasteiger partial charge in [0, 0.05) is 28.7 Å². The number of benzene rings is 1. The molecule has 20 heavy (non-hydrogen) atoms. The van der Waals surface area contributed by atoms with Crippen LogP contribution in [0.5, 0.6) is 0 Å². The van der Waals surface area contributed by atoms with Crippen LogP contribution in [0.25, 0.3) is 0 Å². The zero-order chi connectivity index (χ0) is 13.2. The van der Waals surface area contributed by atoms with Crippen LogP contribution in [-0.2, 0) is 6.54 Å². The van der Waals surface area contributed by atoms with Gasteiger partial charge in [0.05, 0.1) is 0 Å². The Labute approximate surface area is 134 Å². The molecule has 1 aliphatic heterocycles. The number of rotatable bonds is 3. The number of thiazole rings is 1. The first kappa shape index (κ1) is 15.6. The second-order valence-electron chi connectivity index (χ2n) is 4.81. The third-order valence-electron chi connectivity index (χ3n) is 3.56. The smallest absolute Gasteiger partial charge is 0.180 e. The third kappa shape index (κ3) is 3.26. The topological polar surface area (TPSA) is 42.1 Å². The molecule has 1 aromatic carbocycles. The van der Waals surface area contributed by atoms with Crippen LogP contribution in [0.3, 0.4) is 0 Å². The number of nitrogens with zero attached hydrogens (tertiary/aromatic N) is 2. The molecule has 2 N–H and O–H groups in total. The maximum Gasteiger partial charge on any atom is 0.180 e. The van der Waals surface area contributed by atoms with Crippen molar-refractivity contribution in [2.75, 3.05) is 12.3 Å². The first-order valence-electron chi connectivity index (χ1n) is 6.42. The molecule has 6 heteroatoms. The van der Waals surface area contributed by atoms with E-state index in [2.05, 4.69) is 22.0 Å². The molecule has 1 saturated heterocycles. The van der Waals surface area contributed by atoms with Gasteiger partial charge >= 0.3 is 0 Å². The summed E-state index contributed by atoms with van der Waals surface area (Å²) >= 11 is 7.89. The minimum Gasteiger partial charge on any atom is -0.375 e. The third-order valence-corrected chi connectivity index (χ3v) is 4.71.